The number of sulfonamides is 1. The number of rotatable bonds is 5. The fourth-order valence-electron chi connectivity index (χ4n) is 1.18. The lowest BCUT2D eigenvalue weighted by Crippen LogP contribution is -2.18. The van der Waals surface area contributed by atoms with Crippen LogP contribution in [-0.4, -0.2) is 25.9 Å². The Kier molecular flexibility index (Phi) is 4.76. The molecule has 1 aromatic rings. The summed E-state index contributed by atoms with van der Waals surface area (Å²) in [6, 6.07) is 5.39. The van der Waals surface area contributed by atoms with Crippen LogP contribution in [0.4, 0.5) is 5.69 Å². The molecule has 0 aliphatic rings. The first-order valence-corrected chi connectivity index (χ1v) is 7.26. The Morgan fingerprint density at radius 3 is 2.75 bits per heavy atom. The summed E-state index contributed by atoms with van der Waals surface area (Å²) in [5, 5.41) is 8.59. The molecule has 2 N–H and O–H groups in total. The van der Waals surface area contributed by atoms with Crippen LogP contribution in [0.25, 0.3) is 0 Å². The van der Waals surface area contributed by atoms with Gasteiger partial charge in [0.25, 0.3) is 0 Å². The molecule has 1 aromatic carbocycles. The van der Waals surface area contributed by atoms with E-state index in [2.05, 4.69) is 20.7 Å². The highest BCUT2D eigenvalue weighted by atomic mass is 79.9. The Balaban J connectivity index is 2.83. The molecule has 0 bridgehead atoms. The number of benzene rings is 1. The summed E-state index contributed by atoms with van der Waals surface area (Å²) in [6.07, 6.45) is 0.238. The maximum absolute atomic E-state index is 11.6. The molecule has 16 heavy (non-hydrogen) atoms. The Hall–Kier alpha value is -0.590. The van der Waals surface area contributed by atoms with Gasteiger partial charge < -0.3 is 5.11 Å². The molecular weight excluding hydrogens is 294 g/mol. The van der Waals surface area contributed by atoms with Crippen LogP contribution in [0.3, 0.4) is 0 Å². The van der Waals surface area contributed by atoms with E-state index in [1.165, 1.54) is 0 Å². The molecular formula is C10H14BrNO3S. The van der Waals surface area contributed by atoms with Gasteiger partial charge in [0.15, 0.2) is 0 Å². The highest BCUT2D eigenvalue weighted by Gasteiger charge is 2.11. The Bertz CT molecular complexity index is 459. The number of anilines is 1. The fraction of sp³-hybridized carbons (Fsp3) is 0.400. The van der Waals surface area contributed by atoms with Gasteiger partial charge in [-0.25, -0.2) is 8.42 Å². The molecule has 0 unspecified atom stereocenters. The van der Waals surface area contributed by atoms with Gasteiger partial charge in [0.1, 0.15) is 0 Å². The lowest BCUT2D eigenvalue weighted by atomic mass is 10.2. The largest absolute Gasteiger partial charge is 0.396 e. The standard InChI is InChI=1S/C10H14BrNO3S/c1-8-3-4-9(11)7-10(8)12-16(14,15)6-2-5-13/h3-4,7,12-13H,2,5-6H2,1H3. The minimum Gasteiger partial charge on any atom is -0.396 e. The lowest BCUT2D eigenvalue weighted by molar-refractivity contribution is 0.295. The van der Waals surface area contributed by atoms with Gasteiger partial charge in [0.2, 0.25) is 10.0 Å². The first kappa shape index (κ1) is 13.5. The van der Waals surface area contributed by atoms with Gasteiger partial charge in [-0.15, -0.1) is 0 Å². The number of hydrogen-bond acceptors (Lipinski definition) is 3. The fourth-order valence-corrected chi connectivity index (χ4v) is 2.70. The zero-order chi connectivity index (χ0) is 12.2. The van der Waals surface area contributed by atoms with Crippen LogP contribution in [0.1, 0.15) is 12.0 Å². The van der Waals surface area contributed by atoms with Crippen LogP contribution in [0.2, 0.25) is 0 Å². The Morgan fingerprint density at radius 1 is 1.44 bits per heavy atom. The van der Waals surface area contributed by atoms with Crippen molar-refractivity contribution in [2.45, 2.75) is 13.3 Å². The average Bonchev–Trinajstić information content (AvgIpc) is 2.20. The molecule has 90 valence electrons. The van der Waals surface area contributed by atoms with Gasteiger partial charge in [-0.1, -0.05) is 22.0 Å². The van der Waals surface area contributed by atoms with Crippen LogP contribution >= 0.6 is 15.9 Å². The molecule has 0 aliphatic carbocycles. The molecule has 0 saturated heterocycles. The maximum atomic E-state index is 11.6. The minimum absolute atomic E-state index is 0.0740. The second kappa shape index (κ2) is 5.65. The molecule has 0 saturated carbocycles. The predicted octanol–water partition coefficient (Wildman–Crippen LogP) is 1.88. The second-order valence-corrected chi connectivity index (χ2v) is 6.21. The highest BCUT2D eigenvalue weighted by molar-refractivity contribution is 9.10. The Morgan fingerprint density at radius 2 is 2.12 bits per heavy atom. The Labute approximate surface area is 104 Å². The molecule has 4 nitrogen and oxygen atoms in total. The van der Waals surface area contributed by atoms with Crippen molar-refractivity contribution in [1.82, 2.24) is 0 Å². The van der Waals surface area contributed by atoms with E-state index in [9.17, 15) is 8.42 Å². The molecule has 0 spiro atoms. The highest BCUT2D eigenvalue weighted by Crippen LogP contribution is 2.21. The molecule has 0 atom stereocenters. The first-order valence-electron chi connectivity index (χ1n) is 4.82. The summed E-state index contributed by atoms with van der Waals surface area (Å²) >= 11 is 3.28. The third-order valence-corrected chi connectivity index (χ3v) is 3.89. The number of aliphatic hydroxyl groups excluding tert-OH is 1. The number of nitrogens with one attached hydrogen (secondary N) is 1. The van der Waals surface area contributed by atoms with Crippen molar-refractivity contribution < 1.29 is 13.5 Å². The summed E-state index contributed by atoms with van der Waals surface area (Å²) in [7, 11) is -3.37. The normalized spacial score (nSPS) is 11.4. The van der Waals surface area contributed by atoms with Crippen molar-refractivity contribution in [3.63, 3.8) is 0 Å². The maximum Gasteiger partial charge on any atom is 0.232 e. The molecule has 0 heterocycles. The summed E-state index contributed by atoms with van der Waals surface area (Å²) in [5.74, 6) is -0.0740. The van der Waals surface area contributed by atoms with Crippen molar-refractivity contribution in [3.8, 4) is 0 Å². The van der Waals surface area contributed by atoms with Crippen LogP contribution in [-0.2, 0) is 10.0 Å². The van der Waals surface area contributed by atoms with E-state index < -0.39 is 10.0 Å². The predicted molar refractivity (Wildman–Crippen MR) is 68.0 cm³/mol. The van der Waals surface area contributed by atoms with Crippen LogP contribution in [0.5, 0.6) is 0 Å². The molecule has 0 fully saturated rings. The van der Waals surface area contributed by atoms with E-state index in [-0.39, 0.29) is 18.8 Å². The molecule has 0 aliphatic heterocycles. The van der Waals surface area contributed by atoms with Gasteiger partial charge in [-0.05, 0) is 31.0 Å². The summed E-state index contributed by atoms with van der Waals surface area (Å²) < 4.78 is 26.5. The zero-order valence-electron chi connectivity index (χ0n) is 8.90. The van der Waals surface area contributed by atoms with E-state index in [1.54, 1.807) is 6.07 Å². The second-order valence-electron chi connectivity index (χ2n) is 3.46. The number of aliphatic hydroxyl groups is 1. The molecule has 6 heteroatoms. The molecule has 0 radical (unpaired) electrons. The summed E-state index contributed by atoms with van der Waals surface area (Å²) in [4.78, 5) is 0. The van der Waals surface area contributed by atoms with Crippen molar-refractivity contribution >= 4 is 31.6 Å². The van der Waals surface area contributed by atoms with Crippen molar-refractivity contribution in [1.29, 1.82) is 0 Å². The SMILES string of the molecule is Cc1ccc(Br)cc1NS(=O)(=O)CCCO. The average molecular weight is 308 g/mol. The van der Waals surface area contributed by atoms with Crippen molar-refractivity contribution in [3.05, 3.63) is 28.2 Å². The van der Waals surface area contributed by atoms with Gasteiger partial charge in [-0.2, -0.15) is 0 Å². The minimum atomic E-state index is -3.37. The number of aryl methyl sites for hydroxylation is 1. The van der Waals surface area contributed by atoms with E-state index in [0.29, 0.717) is 5.69 Å². The van der Waals surface area contributed by atoms with E-state index in [0.717, 1.165) is 10.0 Å². The van der Waals surface area contributed by atoms with Crippen LogP contribution in [0.15, 0.2) is 22.7 Å². The van der Waals surface area contributed by atoms with E-state index in [1.807, 2.05) is 19.1 Å². The van der Waals surface area contributed by atoms with Gasteiger partial charge in [-0.3, -0.25) is 4.72 Å². The van der Waals surface area contributed by atoms with Gasteiger partial charge in [0.05, 0.1) is 11.4 Å². The third-order valence-electron chi connectivity index (χ3n) is 2.04. The quantitative estimate of drug-likeness (QED) is 0.873. The zero-order valence-corrected chi connectivity index (χ0v) is 11.3. The van der Waals surface area contributed by atoms with E-state index in [4.69, 9.17) is 5.11 Å². The molecule has 0 aromatic heterocycles. The van der Waals surface area contributed by atoms with Crippen molar-refractivity contribution in [2.24, 2.45) is 0 Å². The summed E-state index contributed by atoms with van der Waals surface area (Å²) in [5.41, 5.74) is 1.42. The van der Waals surface area contributed by atoms with Gasteiger partial charge >= 0.3 is 0 Å². The molecule has 0 amide bonds. The first-order chi connectivity index (χ1) is 7.44. The topological polar surface area (TPSA) is 66.4 Å². The monoisotopic (exact) mass is 307 g/mol. The van der Waals surface area contributed by atoms with E-state index >= 15 is 0 Å². The smallest absolute Gasteiger partial charge is 0.232 e. The van der Waals surface area contributed by atoms with Crippen molar-refractivity contribution in [2.75, 3.05) is 17.1 Å². The van der Waals surface area contributed by atoms with Crippen LogP contribution in [0, 0.1) is 6.92 Å². The third kappa shape index (κ3) is 4.11. The molecule has 1 rings (SSSR count). The summed E-state index contributed by atoms with van der Waals surface area (Å²) in [6.45, 7) is 1.70. The van der Waals surface area contributed by atoms with Gasteiger partial charge in [0, 0.05) is 11.1 Å². The number of hydrogen-bond donors (Lipinski definition) is 2. The van der Waals surface area contributed by atoms with Crippen LogP contribution < -0.4 is 4.72 Å². The number of halogens is 1. The lowest BCUT2D eigenvalue weighted by Gasteiger charge is -2.10.